The molecule has 4 aromatic rings. The van der Waals surface area contributed by atoms with E-state index in [1.807, 2.05) is 6.07 Å². The topological polar surface area (TPSA) is 75.2 Å². The van der Waals surface area contributed by atoms with E-state index < -0.39 is 5.41 Å². The van der Waals surface area contributed by atoms with Crippen molar-refractivity contribution < 1.29 is 4.74 Å². The fourth-order valence-electron chi connectivity index (χ4n) is 5.07. The van der Waals surface area contributed by atoms with E-state index in [2.05, 4.69) is 74.5 Å². The molecule has 7 heteroatoms. The van der Waals surface area contributed by atoms with Crippen molar-refractivity contribution in [3.8, 4) is 6.07 Å². The van der Waals surface area contributed by atoms with Crippen molar-refractivity contribution in [2.45, 2.75) is 46.9 Å². The first kappa shape index (κ1) is 20.7. The van der Waals surface area contributed by atoms with Gasteiger partial charge in [0.1, 0.15) is 0 Å². The van der Waals surface area contributed by atoms with Crippen molar-refractivity contribution >= 4 is 28.3 Å². The van der Waals surface area contributed by atoms with Crippen LogP contribution in [0, 0.1) is 11.3 Å². The van der Waals surface area contributed by atoms with Crippen LogP contribution in [-0.4, -0.2) is 34.4 Å². The molecule has 1 N–H and O–H groups in total. The molecule has 2 aliphatic heterocycles. The number of hydrogen-bond acceptors (Lipinski definition) is 6. The molecule has 0 aliphatic carbocycles. The second-order valence-electron chi connectivity index (χ2n) is 8.89. The molecular weight excluding hydrogens is 430 g/mol. The fourth-order valence-corrected chi connectivity index (χ4v) is 6.00. The Hall–Kier alpha value is -2.92. The maximum absolute atomic E-state index is 9.93. The van der Waals surface area contributed by atoms with Gasteiger partial charge < -0.3 is 10.1 Å². The van der Waals surface area contributed by atoms with Gasteiger partial charge >= 0.3 is 0 Å². The lowest BCUT2D eigenvalue weighted by Crippen LogP contribution is -2.32. The average molecular weight is 456 g/mol. The summed E-state index contributed by atoms with van der Waals surface area (Å²) in [6.07, 6.45) is 3.77. The number of fused-ring (bicyclic) bond motifs is 3. The molecule has 2 saturated heterocycles. The molecule has 166 valence electrons. The first-order valence-electron chi connectivity index (χ1n) is 11.5. The SMILES string of the molecule is N#CC1(c2cccc(Sc3ccc4c(ccc5nnc(C6CCCN6)n54)c3)c2)CCOCC1. The summed E-state index contributed by atoms with van der Waals surface area (Å²) in [5.74, 6) is 1.000. The molecule has 1 atom stereocenters. The Balaban J connectivity index is 1.33. The van der Waals surface area contributed by atoms with Gasteiger partial charge in [0.25, 0.3) is 0 Å². The molecule has 0 bridgehead atoms. The van der Waals surface area contributed by atoms with Crippen LogP contribution in [0.25, 0.3) is 16.6 Å². The van der Waals surface area contributed by atoms with Gasteiger partial charge in [0.2, 0.25) is 0 Å². The van der Waals surface area contributed by atoms with Crippen molar-refractivity contribution in [3.05, 3.63) is 66.0 Å². The lowest BCUT2D eigenvalue weighted by atomic mass is 9.75. The predicted molar refractivity (Wildman–Crippen MR) is 128 cm³/mol. The summed E-state index contributed by atoms with van der Waals surface area (Å²) in [6.45, 7) is 2.32. The monoisotopic (exact) mass is 455 g/mol. The van der Waals surface area contributed by atoms with E-state index in [9.17, 15) is 5.26 Å². The number of rotatable bonds is 4. The molecule has 0 radical (unpaired) electrons. The van der Waals surface area contributed by atoms with Crippen LogP contribution >= 0.6 is 11.8 Å². The summed E-state index contributed by atoms with van der Waals surface area (Å²) < 4.78 is 7.70. The third-order valence-electron chi connectivity index (χ3n) is 6.92. The normalized spacial score (nSPS) is 20.3. The maximum atomic E-state index is 9.93. The van der Waals surface area contributed by atoms with Crippen LogP contribution in [0.5, 0.6) is 0 Å². The van der Waals surface area contributed by atoms with E-state index in [4.69, 9.17) is 4.74 Å². The zero-order chi connectivity index (χ0) is 22.3. The Kier molecular flexibility index (Phi) is 5.30. The molecule has 33 heavy (non-hydrogen) atoms. The summed E-state index contributed by atoms with van der Waals surface area (Å²) in [6, 6.07) is 22.0. The molecule has 2 fully saturated rings. The molecule has 0 amide bonds. The summed E-state index contributed by atoms with van der Waals surface area (Å²) in [4.78, 5) is 2.32. The molecule has 6 rings (SSSR count). The standard InChI is InChI=1S/C26H25N5OS/c27-17-26(10-13-32-14-11-26)19-3-1-4-20(16-19)33-21-7-8-23-18(15-21)6-9-24-29-30-25(31(23)24)22-5-2-12-28-22/h1,3-4,6-9,15-16,22,28H,2,5,10-14H2. The van der Waals surface area contributed by atoms with Gasteiger partial charge in [-0.2, -0.15) is 5.26 Å². The molecule has 0 spiro atoms. The van der Waals surface area contributed by atoms with Gasteiger partial charge in [-0.3, -0.25) is 4.40 Å². The minimum Gasteiger partial charge on any atom is -0.381 e. The summed E-state index contributed by atoms with van der Waals surface area (Å²) >= 11 is 1.73. The quantitative estimate of drug-likeness (QED) is 0.465. The number of ether oxygens (including phenoxy) is 1. The van der Waals surface area contributed by atoms with E-state index in [0.29, 0.717) is 13.2 Å². The number of aromatic nitrogens is 3. The van der Waals surface area contributed by atoms with E-state index in [1.54, 1.807) is 11.8 Å². The lowest BCUT2D eigenvalue weighted by Gasteiger charge is -2.31. The van der Waals surface area contributed by atoms with Gasteiger partial charge in [-0.05, 0) is 85.6 Å². The van der Waals surface area contributed by atoms with Crippen molar-refractivity contribution in [2.24, 2.45) is 0 Å². The summed E-state index contributed by atoms with van der Waals surface area (Å²) in [5.41, 5.74) is 2.67. The Morgan fingerprint density at radius 2 is 1.94 bits per heavy atom. The van der Waals surface area contributed by atoms with Gasteiger partial charge in [0.05, 0.1) is 23.0 Å². The minimum atomic E-state index is -0.442. The van der Waals surface area contributed by atoms with Gasteiger partial charge in [-0.15, -0.1) is 10.2 Å². The first-order chi connectivity index (χ1) is 16.3. The van der Waals surface area contributed by atoms with Crippen molar-refractivity contribution in [3.63, 3.8) is 0 Å². The molecule has 4 heterocycles. The number of pyridine rings is 1. The second kappa shape index (κ2) is 8.45. The molecule has 2 aliphatic rings. The maximum Gasteiger partial charge on any atom is 0.161 e. The van der Waals surface area contributed by atoms with E-state index >= 15 is 0 Å². The van der Waals surface area contributed by atoms with Crippen LogP contribution in [0.1, 0.15) is 43.1 Å². The zero-order valence-corrected chi connectivity index (χ0v) is 19.1. The number of nitriles is 1. The molecule has 6 nitrogen and oxygen atoms in total. The molecule has 2 aromatic carbocycles. The highest BCUT2D eigenvalue weighted by Gasteiger charge is 2.34. The third-order valence-corrected chi connectivity index (χ3v) is 7.90. The predicted octanol–water partition coefficient (Wildman–Crippen LogP) is 5.03. The smallest absolute Gasteiger partial charge is 0.161 e. The number of nitrogens with zero attached hydrogens (tertiary/aromatic N) is 4. The van der Waals surface area contributed by atoms with Crippen LogP contribution in [0.3, 0.4) is 0 Å². The van der Waals surface area contributed by atoms with Crippen LogP contribution in [0.15, 0.2) is 64.4 Å². The Morgan fingerprint density at radius 3 is 2.76 bits per heavy atom. The van der Waals surface area contributed by atoms with E-state index in [0.717, 1.165) is 53.3 Å². The van der Waals surface area contributed by atoms with Gasteiger partial charge in [0, 0.05) is 23.0 Å². The van der Waals surface area contributed by atoms with Crippen molar-refractivity contribution in [1.82, 2.24) is 19.9 Å². The van der Waals surface area contributed by atoms with Crippen LogP contribution < -0.4 is 5.32 Å². The molecule has 2 aromatic heterocycles. The fraction of sp³-hybridized carbons (Fsp3) is 0.346. The number of hydrogen-bond donors (Lipinski definition) is 1. The Morgan fingerprint density at radius 1 is 1.06 bits per heavy atom. The zero-order valence-electron chi connectivity index (χ0n) is 18.3. The third kappa shape index (κ3) is 3.68. The average Bonchev–Trinajstić information content (AvgIpc) is 3.54. The highest BCUT2D eigenvalue weighted by molar-refractivity contribution is 7.99. The largest absolute Gasteiger partial charge is 0.381 e. The van der Waals surface area contributed by atoms with E-state index in [1.165, 1.54) is 16.7 Å². The lowest BCUT2D eigenvalue weighted by molar-refractivity contribution is 0.0675. The van der Waals surface area contributed by atoms with Crippen LogP contribution in [0.2, 0.25) is 0 Å². The number of nitrogens with one attached hydrogen (secondary N) is 1. The first-order valence-corrected chi connectivity index (χ1v) is 12.4. The molecule has 1 unspecified atom stereocenters. The van der Waals surface area contributed by atoms with Crippen LogP contribution in [-0.2, 0) is 10.2 Å². The Labute approximate surface area is 197 Å². The summed E-state index contributed by atoms with van der Waals surface area (Å²) in [5, 5.41) is 23.5. The minimum absolute atomic E-state index is 0.264. The highest BCUT2D eigenvalue weighted by atomic mass is 32.2. The van der Waals surface area contributed by atoms with Gasteiger partial charge in [0.15, 0.2) is 11.5 Å². The van der Waals surface area contributed by atoms with Crippen molar-refractivity contribution in [1.29, 1.82) is 5.26 Å². The van der Waals surface area contributed by atoms with Gasteiger partial charge in [-0.25, -0.2) is 0 Å². The highest BCUT2D eigenvalue weighted by Crippen LogP contribution is 2.38. The second-order valence-corrected chi connectivity index (χ2v) is 10.0. The van der Waals surface area contributed by atoms with Crippen LogP contribution in [0.4, 0.5) is 0 Å². The molecule has 0 saturated carbocycles. The van der Waals surface area contributed by atoms with Crippen molar-refractivity contribution in [2.75, 3.05) is 19.8 Å². The van der Waals surface area contributed by atoms with Gasteiger partial charge in [-0.1, -0.05) is 23.9 Å². The summed E-state index contributed by atoms with van der Waals surface area (Å²) in [7, 11) is 0. The number of benzene rings is 2. The van der Waals surface area contributed by atoms with E-state index in [-0.39, 0.29) is 6.04 Å². The Bertz CT molecular complexity index is 1360. The molecular formula is C26H25N5OS.